The summed E-state index contributed by atoms with van der Waals surface area (Å²) in [6.45, 7) is 2.40. The molecule has 3 aromatic carbocycles. The Morgan fingerprint density at radius 3 is 2.38 bits per heavy atom. The number of alkyl carbamates (subject to hydrolysis) is 1. The van der Waals surface area contributed by atoms with Gasteiger partial charge in [0.15, 0.2) is 0 Å². The van der Waals surface area contributed by atoms with E-state index in [0.717, 1.165) is 27.2 Å². The van der Waals surface area contributed by atoms with Crippen molar-refractivity contribution in [2.24, 2.45) is 0 Å². The first kappa shape index (κ1) is 34.6. The average Bonchev–Trinajstić information content (AvgIpc) is 3.54. The number of likely N-dealkylation sites (tertiary alicyclic amines) is 1. The van der Waals surface area contributed by atoms with Gasteiger partial charge in [-0.25, -0.2) is 9.59 Å². The Hall–Kier alpha value is -5.27. The topological polar surface area (TPSA) is 179 Å². The molecule has 3 aromatic rings. The quantitative estimate of drug-likeness (QED) is 0.0808. The van der Waals surface area contributed by atoms with Crippen molar-refractivity contribution in [3.63, 3.8) is 0 Å². The molecule has 1 fully saturated rings. The van der Waals surface area contributed by atoms with Gasteiger partial charge in [-0.2, -0.15) is 0 Å². The van der Waals surface area contributed by atoms with E-state index >= 15 is 0 Å². The lowest BCUT2D eigenvalue weighted by Crippen LogP contribution is -2.51. The van der Waals surface area contributed by atoms with Crippen LogP contribution in [0.3, 0.4) is 0 Å². The molecule has 0 bridgehead atoms. The summed E-state index contributed by atoms with van der Waals surface area (Å²) in [5.41, 5.74) is 3.80. The Bertz CT molecular complexity index is 1550. The third-order valence-electron chi connectivity index (χ3n) is 7.64. The molecule has 0 radical (unpaired) electrons. The third-order valence-corrected chi connectivity index (χ3v) is 7.64. The van der Waals surface area contributed by atoms with Gasteiger partial charge in [0.1, 0.15) is 31.3 Å². The van der Waals surface area contributed by atoms with E-state index in [9.17, 15) is 24.3 Å². The van der Waals surface area contributed by atoms with Crippen LogP contribution in [-0.4, -0.2) is 72.4 Å². The van der Waals surface area contributed by atoms with Crippen LogP contribution in [0.25, 0.3) is 0 Å². The molecule has 0 saturated carbocycles. The van der Waals surface area contributed by atoms with Crippen LogP contribution in [0, 0.1) is 5.41 Å². The van der Waals surface area contributed by atoms with Gasteiger partial charge in [-0.3, -0.25) is 25.2 Å². The summed E-state index contributed by atoms with van der Waals surface area (Å²) < 4.78 is 15.5. The number of methoxy groups -OCH3 is 1. The number of carbonyl (C=O) groups excluding carboxylic acids is 3. The normalized spacial score (nSPS) is 16.2. The van der Waals surface area contributed by atoms with Gasteiger partial charge in [-0.05, 0) is 35.6 Å². The van der Waals surface area contributed by atoms with Gasteiger partial charge in [0.25, 0.3) is 0 Å². The van der Waals surface area contributed by atoms with E-state index in [4.69, 9.17) is 19.6 Å². The monoisotopic (exact) mass is 645 g/mol. The molecule has 1 aliphatic heterocycles. The molecule has 1 aliphatic rings. The molecular formula is C34H39N5O8. The van der Waals surface area contributed by atoms with E-state index < -0.39 is 36.1 Å². The first-order chi connectivity index (χ1) is 22.6. The molecule has 0 spiro atoms. The number of nitrogens with zero attached hydrogens (tertiary/aromatic N) is 1. The number of carboxylic acid groups (broad SMARTS) is 1. The third kappa shape index (κ3) is 10.1. The van der Waals surface area contributed by atoms with Gasteiger partial charge in [0.05, 0.1) is 6.61 Å². The van der Waals surface area contributed by atoms with E-state index in [1.165, 1.54) is 14.0 Å². The van der Waals surface area contributed by atoms with Crippen molar-refractivity contribution in [2.45, 2.75) is 51.1 Å². The molecule has 248 valence electrons. The summed E-state index contributed by atoms with van der Waals surface area (Å²) in [4.78, 5) is 51.1. The molecule has 1 saturated heterocycles. The maximum absolute atomic E-state index is 13.2. The second-order valence-electron chi connectivity index (χ2n) is 11.1. The predicted octanol–water partition coefficient (Wildman–Crippen LogP) is 3.72. The van der Waals surface area contributed by atoms with E-state index in [0.29, 0.717) is 12.2 Å². The lowest BCUT2D eigenvalue weighted by atomic mass is 9.94. The average molecular weight is 646 g/mol. The number of amides is 4. The summed E-state index contributed by atoms with van der Waals surface area (Å²) in [6, 6.07) is 21.6. The van der Waals surface area contributed by atoms with E-state index in [-0.39, 0.29) is 44.7 Å². The van der Waals surface area contributed by atoms with Gasteiger partial charge < -0.3 is 30.0 Å². The highest BCUT2D eigenvalue weighted by Gasteiger charge is 2.41. The molecule has 3 atom stereocenters. The second-order valence-corrected chi connectivity index (χ2v) is 11.1. The summed E-state index contributed by atoms with van der Waals surface area (Å²) in [7, 11) is 1.54. The fraction of sp³-hybridized carbons (Fsp3) is 0.324. The standard InChI is InChI=1S/C34H39N5O8/c1-22(37-32(41)29-16-28(18-39(29)34(43)44)27-10-6-9-25(15-27)19-46-21-45-2)31(40)36-17-23-11-13-26(14-12-23)30(35)38-33(42)47-20-24-7-4-3-5-8-24/h3-15,22,28-29H,16-21H2,1-2H3,(H,36,40)(H,37,41)(H,43,44)(H2,35,38,42)/t22-,28-,29?/m0/s1. The van der Waals surface area contributed by atoms with Crippen LogP contribution < -0.4 is 16.0 Å². The van der Waals surface area contributed by atoms with E-state index in [1.807, 2.05) is 54.6 Å². The van der Waals surface area contributed by atoms with Gasteiger partial charge in [0.2, 0.25) is 11.8 Å². The van der Waals surface area contributed by atoms with Crippen LogP contribution in [0.4, 0.5) is 9.59 Å². The minimum absolute atomic E-state index is 0.0805. The van der Waals surface area contributed by atoms with Crippen LogP contribution in [0.2, 0.25) is 0 Å². The van der Waals surface area contributed by atoms with Crippen molar-refractivity contribution in [3.05, 3.63) is 107 Å². The molecule has 1 heterocycles. The van der Waals surface area contributed by atoms with Crippen molar-refractivity contribution in [1.82, 2.24) is 20.9 Å². The van der Waals surface area contributed by atoms with Crippen LogP contribution in [0.5, 0.6) is 0 Å². The van der Waals surface area contributed by atoms with Gasteiger partial charge >= 0.3 is 12.2 Å². The number of rotatable bonds is 13. The maximum Gasteiger partial charge on any atom is 0.413 e. The predicted molar refractivity (Wildman–Crippen MR) is 171 cm³/mol. The molecule has 4 amide bonds. The largest absolute Gasteiger partial charge is 0.465 e. The first-order valence-electron chi connectivity index (χ1n) is 15.0. The van der Waals surface area contributed by atoms with Gasteiger partial charge in [-0.15, -0.1) is 0 Å². The van der Waals surface area contributed by atoms with Crippen molar-refractivity contribution < 1.29 is 38.5 Å². The molecule has 4 rings (SSSR count). The molecule has 0 aromatic heterocycles. The molecule has 47 heavy (non-hydrogen) atoms. The molecule has 1 unspecified atom stereocenters. The zero-order valence-electron chi connectivity index (χ0n) is 26.2. The Labute approximate surface area is 272 Å². The van der Waals surface area contributed by atoms with E-state index in [2.05, 4.69) is 16.0 Å². The van der Waals surface area contributed by atoms with Gasteiger partial charge in [-0.1, -0.05) is 78.9 Å². The van der Waals surface area contributed by atoms with Crippen LogP contribution >= 0.6 is 0 Å². The van der Waals surface area contributed by atoms with Crippen molar-refractivity contribution >= 4 is 29.8 Å². The Morgan fingerprint density at radius 1 is 0.957 bits per heavy atom. The summed E-state index contributed by atoms with van der Waals surface area (Å²) in [5.74, 6) is -1.33. The van der Waals surface area contributed by atoms with Crippen LogP contribution in [0.1, 0.15) is 47.1 Å². The SMILES string of the molecule is COCOCc1cccc([C@H]2CC(C(=O)N[C@@H](C)C(=O)NCc3ccc(C(=N)NC(=O)OCc4ccccc4)cc3)N(C(=O)O)C2)c1. The van der Waals surface area contributed by atoms with Crippen LogP contribution in [-0.2, 0) is 43.6 Å². The van der Waals surface area contributed by atoms with Crippen molar-refractivity contribution in [1.29, 1.82) is 5.41 Å². The van der Waals surface area contributed by atoms with Crippen LogP contribution in [0.15, 0.2) is 78.9 Å². The zero-order chi connectivity index (χ0) is 33.8. The molecular weight excluding hydrogens is 606 g/mol. The fourth-order valence-corrected chi connectivity index (χ4v) is 5.16. The highest BCUT2D eigenvalue weighted by molar-refractivity contribution is 6.04. The van der Waals surface area contributed by atoms with Crippen molar-refractivity contribution in [3.8, 4) is 0 Å². The highest BCUT2D eigenvalue weighted by Crippen LogP contribution is 2.32. The van der Waals surface area contributed by atoms with Gasteiger partial charge in [0, 0.05) is 31.7 Å². The maximum atomic E-state index is 13.2. The Kier molecular flexibility index (Phi) is 12.4. The molecule has 13 heteroatoms. The summed E-state index contributed by atoms with van der Waals surface area (Å²) in [5, 5.41) is 25.8. The molecule has 13 nitrogen and oxygen atoms in total. The number of benzene rings is 3. The smallest absolute Gasteiger partial charge is 0.413 e. The molecule has 0 aliphatic carbocycles. The number of hydrogen-bond acceptors (Lipinski definition) is 8. The second kappa shape index (κ2) is 16.9. The number of carbonyl (C=O) groups is 4. The number of amidine groups is 1. The first-order valence-corrected chi connectivity index (χ1v) is 15.0. The van der Waals surface area contributed by atoms with E-state index in [1.54, 1.807) is 24.3 Å². The summed E-state index contributed by atoms with van der Waals surface area (Å²) >= 11 is 0. The summed E-state index contributed by atoms with van der Waals surface area (Å²) in [6.07, 6.45) is -1.68. The highest BCUT2D eigenvalue weighted by atomic mass is 16.7. The fourth-order valence-electron chi connectivity index (χ4n) is 5.16. The zero-order valence-corrected chi connectivity index (χ0v) is 26.2. The number of hydrogen-bond donors (Lipinski definition) is 5. The lowest BCUT2D eigenvalue weighted by Gasteiger charge is -2.22. The minimum Gasteiger partial charge on any atom is -0.465 e. The number of nitrogens with one attached hydrogen (secondary N) is 4. The number of ether oxygens (including phenoxy) is 3. The van der Waals surface area contributed by atoms with Crippen molar-refractivity contribution in [2.75, 3.05) is 20.4 Å². The lowest BCUT2D eigenvalue weighted by molar-refractivity contribution is -0.130. The Balaban J connectivity index is 1.24. The molecule has 5 N–H and O–H groups in total. The Morgan fingerprint density at radius 2 is 1.68 bits per heavy atom. The minimum atomic E-state index is -1.21.